The summed E-state index contributed by atoms with van der Waals surface area (Å²) in [6, 6.07) is 6.19. The van der Waals surface area contributed by atoms with Crippen LogP contribution in [-0.2, 0) is 6.42 Å². The van der Waals surface area contributed by atoms with Gasteiger partial charge in [-0.2, -0.15) is 10.5 Å². The highest BCUT2D eigenvalue weighted by Crippen LogP contribution is 2.19. The molecule has 2 N–H and O–H groups in total. The molecule has 0 spiro atoms. The van der Waals surface area contributed by atoms with Gasteiger partial charge in [0, 0.05) is 11.3 Å². The number of nitrogens with two attached hydrogens (primary N) is 1. The van der Waals surface area contributed by atoms with E-state index >= 15 is 0 Å². The van der Waals surface area contributed by atoms with Crippen LogP contribution in [0.25, 0.3) is 0 Å². The van der Waals surface area contributed by atoms with Gasteiger partial charge in [-0.25, -0.2) is 4.39 Å². The highest BCUT2D eigenvalue weighted by Gasteiger charge is 2.10. The Hall–Kier alpha value is -2.07. The maximum Gasteiger partial charge on any atom is 0.147 e. The average molecular weight is 175 g/mol. The molecule has 64 valence electrons. The number of hydrogen-bond acceptors (Lipinski definition) is 3. The molecule has 0 unspecified atom stereocenters. The molecule has 0 atom stereocenters. The average Bonchev–Trinajstić information content (AvgIpc) is 2.12. The Morgan fingerprint density at radius 1 is 1.38 bits per heavy atom. The van der Waals surface area contributed by atoms with E-state index in [-0.39, 0.29) is 23.2 Å². The van der Waals surface area contributed by atoms with Gasteiger partial charge in [-0.3, -0.25) is 0 Å². The van der Waals surface area contributed by atoms with Crippen LogP contribution >= 0.6 is 0 Å². The monoisotopic (exact) mass is 175 g/mol. The van der Waals surface area contributed by atoms with E-state index in [1.807, 2.05) is 0 Å². The molecular weight excluding hydrogens is 169 g/mol. The molecule has 1 aromatic carbocycles. The van der Waals surface area contributed by atoms with Crippen molar-refractivity contribution in [2.75, 3.05) is 5.73 Å². The van der Waals surface area contributed by atoms with E-state index in [0.717, 1.165) is 0 Å². The van der Waals surface area contributed by atoms with Gasteiger partial charge in [0.25, 0.3) is 0 Å². The summed E-state index contributed by atoms with van der Waals surface area (Å²) in [6.07, 6.45) is -0.118. The normalized spacial score (nSPS) is 8.85. The van der Waals surface area contributed by atoms with Crippen molar-refractivity contribution in [3.05, 3.63) is 29.1 Å². The minimum Gasteiger partial charge on any atom is -0.398 e. The van der Waals surface area contributed by atoms with Gasteiger partial charge in [0.05, 0.1) is 18.1 Å². The molecule has 1 aromatic rings. The first-order valence-electron chi connectivity index (χ1n) is 3.54. The van der Waals surface area contributed by atoms with E-state index in [4.69, 9.17) is 16.3 Å². The van der Waals surface area contributed by atoms with E-state index in [0.29, 0.717) is 0 Å². The van der Waals surface area contributed by atoms with E-state index in [1.54, 1.807) is 12.1 Å². The molecule has 1 rings (SSSR count). The predicted molar refractivity (Wildman–Crippen MR) is 44.8 cm³/mol. The third-order valence-electron chi connectivity index (χ3n) is 1.66. The maximum absolute atomic E-state index is 13.3. The Bertz CT molecular complexity index is 412. The number of nitriles is 2. The molecule has 13 heavy (non-hydrogen) atoms. The second kappa shape index (κ2) is 3.55. The van der Waals surface area contributed by atoms with E-state index in [2.05, 4.69) is 0 Å². The fourth-order valence-corrected chi connectivity index (χ4v) is 0.981. The van der Waals surface area contributed by atoms with Crippen molar-refractivity contribution in [3.63, 3.8) is 0 Å². The zero-order chi connectivity index (χ0) is 9.84. The van der Waals surface area contributed by atoms with Crippen molar-refractivity contribution in [3.8, 4) is 12.1 Å². The number of rotatable bonds is 1. The topological polar surface area (TPSA) is 73.6 Å². The van der Waals surface area contributed by atoms with Crippen LogP contribution in [0.4, 0.5) is 10.1 Å². The summed E-state index contributed by atoms with van der Waals surface area (Å²) in [5, 5.41) is 16.9. The smallest absolute Gasteiger partial charge is 0.147 e. The van der Waals surface area contributed by atoms with Crippen LogP contribution in [0.2, 0.25) is 0 Å². The third kappa shape index (κ3) is 1.57. The van der Waals surface area contributed by atoms with Crippen molar-refractivity contribution in [2.45, 2.75) is 6.42 Å². The highest BCUT2D eigenvalue weighted by atomic mass is 19.1. The number of nitrogens with zero attached hydrogens (tertiary/aromatic N) is 2. The zero-order valence-electron chi connectivity index (χ0n) is 6.71. The molecule has 0 bridgehead atoms. The van der Waals surface area contributed by atoms with Crippen LogP contribution < -0.4 is 5.73 Å². The lowest BCUT2D eigenvalue weighted by molar-refractivity contribution is 0.612. The molecule has 0 amide bonds. The summed E-state index contributed by atoms with van der Waals surface area (Å²) in [5.74, 6) is -0.691. The Morgan fingerprint density at radius 2 is 2.08 bits per heavy atom. The Kier molecular flexibility index (Phi) is 2.47. The van der Waals surface area contributed by atoms with Crippen molar-refractivity contribution in [1.82, 2.24) is 0 Å². The molecule has 0 saturated heterocycles. The van der Waals surface area contributed by atoms with Crippen LogP contribution in [0, 0.1) is 28.5 Å². The van der Waals surface area contributed by atoms with E-state index < -0.39 is 5.82 Å². The minimum absolute atomic E-state index is 0.0838. The second-order valence-corrected chi connectivity index (χ2v) is 2.44. The Balaban J connectivity index is 3.33. The first-order valence-corrected chi connectivity index (χ1v) is 3.54. The molecule has 0 aliphatic rings. The third-order valence-corrected chi connectivity index (χ3v) is 1.66. The molecule has 0 fully saturated rings. The number of hydrogen-bond donors (Lipinski definition) is 1. The molecule has 0 aliphatic heterocycles. The maximum atomic E-state index is 13.3. The number of halogens is 1. The SMILES string of the molecule is N#CCc1c(N)ccc(C#N)c1F. The van der Waals surface area contributed by atoms with Crippen molar-refractivity contribution >= 4 is 5.69 Å². The number of benzene rings is 1. The van der Waals surface area contributed by atoms with Gasteiger partial charge in [0.2, 0.25) is 0 Å². The highest BCUT2D eigenvalue weighted by molar-refractivity contribution is 5.53. The first kappa shape index (κ1) is 9.02. The molecule has 0 aromatic heterocycles. The second-order valence-electron chi connectivity index (χ2n) is 2.44. The largest absolute Gasteiger partial charge is 0.398 e. The fraction of sp³-hybridized carbons (Fsp3) is 0.111. The summed E-state index contributed by atoms with van der Waals surface area (Å²) >= 11 is 0. The van der Waals surface area contributed by atoms with Crippen molar-refractivity contribution in [1.29, 1.82) is 10.5 Å². The van der Waals surface area contributed by atoms with Gasteiger partial charge in [0.15, 0.2) is 0 Å². The van der Waals surface area contributed by atoms with Crippen LogP contribution in [-0.4, -0.2) is 0 Å². The first-order chi connectivity index (χ1) is 6.20. The zero-order valence-corrected chi connectivity index (χ0v) is 6.71. The van der Waals surface area contributed by atoms with Crippen LogP contribution in [0.3, 0.4) is 0 Å². The lowest BCUT2D eigenvalue weighted by Gasteiger charge is -2.03. The van der Waals surface area contributed by atoms with E-state index in [1.165, 1.54) is 12.1 Å². The summed E-state index contributed by atoms with van der Waals surface area (Å²) < 4.78 is 13.3. The van der Waals surface area contributed by atoms with Gasteiger partial charge >= 0.3 is 0 Å². The van der Waals surface area contributed by atoms with Crippen molar-refractivity contribution in [2.24, 2.45) is 0 Å². The molecule has 0 saturated carbocycles. The molecule has 0 radical (unpaired) electrons. The Labute approximate surface area is 74.8 Å². The number of nitrogen functional groups attached to an aromatic ring is 1. The van der Waals surface area contributed by atoms with Crippen LogP contribution in [0.1, 0.15) is 11.1 Å². The summed E-state index contributed by atoms with van der Waals surface area (Å²) in [5.41, 5.74) is 5.65. The van der Waals surface area contributed by atoms with Gasteiger partial charge in [-0.05, 0) is 12.1 Å². The van der Waals surface area contributed by atoms with E-state index in [9.17, 15) is 4.39 Å². The Morgan fingerprint density at radius 3 is 2.62 bits per heavy atom. The van der Waals surface area contributed by atoms with Crippen molar-refractivity contribution < 1.29 is 4.39 Å². The molecule has 0 aliphatic carbocycles. The van der Waals surface area contributed by atoms with Gasteiger partial charge in [0.1, 0.15) is 11.9 Å². The summed E-state index contributed by atoms with van der Waals surface area (Å²) in [6.45, 7) is 0. The molecule has 4 heteroatoms. The predicted octanol–water partition coefficient (Wildman–Crippen LogP) is 1.35. The molecule has 0 heterocycles. The molecule has 3 nitrogen and oxygen atoms in total. The van der Waals surface area contributed by atoms with Gasteiger partial charge in [-0.15, -0.1) is 0 Å². The standard InChI is InChI=1S/C9H6FN3/c10-9-6(5-12)1-2-8(13)7(9)3-4-11/h1-2H,3,13H2. The van der Waals surface area contributed by atoms with Crippen LogP contribution in [0.15, 0.2) is 12.1 Å². The number of anilines is 1. The van der Waals surface area contributed by atoms with Gasteiger partial charge < -0.3 is 5.73 Å². The summed E-state index contributed by atoms with van der Waals surface area (Å²) in [4.78, 5) is 0. The quantitative estimate of drug-likeness (QED) is 0.654. The summed E-state index contributed by atoms with van der Waals surface area (Å²) in [7, 11) is 0. The fourth-order valence-electron chi connectivity index (χ4n) is 0.981. The lowest BCUT2D eigenvalue weighted by atomic mass is 10.1. The minimum atomic E-state index is -0.691. The van der Waals surface area contributed by atoms with Gasteiger partial charge in [-0.1, -0.05) is 0 Å². The van der Waals surface area contributed by atoms with Crippen LogP contribution in [0.5, 0.6) is 0 Å². The lowest BCUT2D eigenvalue weighted by Crippen LogP contribution is -1.99. The molecular formula is C9H6FN3.